The SMILES string of the molecule is CC(=O)C(C)c1ncns1. The van der Waals surface area contributed by atoms with E-state index in [4.69, 9.17) is 0 Å². The summed E-state index contributed by atoms with van der Waals surface area (Å²) in [5, 5.41) is 0.799. The topological polar surface area (TPSA) is 42.9 Å². The van der Waals surface area contributed by atoms with E-state index in [0.717, 1.165) is 5.01 Å². The lowest BCUT2D eigenvalue weighted by Crippen LogP contribution is -2.02. The van der Waals surface area contributed by atoms with E-state index in [-0.39, 0.29) is 11.7 Å². The van der Waals surface area contributed by atoms with Gasteiger partial charge >= 0.3 is 0 Å². The molecule has 0 aromatic carbocycles. The van der Waals surface area contributed by atoms with Crippen LogP contribution in [0.4, 0.5) is 0 Å². The summed E-state index contributed by atoms with van der Waals surface area (Å²) in [6.45, 7) is 3.40. The Morgan fingerprint density at radius 2 is 2.50 bits per heavy atom. The first-order valence-corrected chi connectivity index (χ1v) is 3.76. The van der Waals surface area contributed by atoms with Crippen LogP contribution in [0.1, 0.15) is 24.8 Å². The summed E-state index contributed by atoms with van der Waals surface area (Å²) in [6, 6.07) is 0. The summed E-state index contributed by atoms with van der Waals surface area (Å²) >= 11 is 1.28. The van der Waals surface area contributed by atoms with Crippen molar-refractivity contribution in [2.24, 2.45) is 0 Å². The van der Waals surface area contributed by atoms with Gasteiger partial charge in [0.2, 0.25) is 0 Å². The van der Waals surface area contributed by atoms with Gasteiger partial charge in [0.1, 0.15) is 17.1 Å². The molecule has 0 amide bonds. The maximum atomic E-state index is 10.8. The number of nitrogens with zero attached hydrogens (tertiary/aromatic N) is 2. The molecule has 1 atom stereocenters. The Morgan fingerprint density at radius 1 is 1.80 bits per heavy atom. The van der Waals surface area contributed by atoms with E-state index in [2.05, 4.69) is 9.36 Å². The van der Waals surface area contributed by atoms with Gasteiger partial charge in [0.25, 0.3) is 0 Å². The molecule has 1 aromatic rings. The zero-order valence-electron chi connectivity index (χ0n) is 5.87. The van der Waals surface area contributed by atoms with Crippen molar-refractivity contribution in [3.63, 3.8) is 0 Å². The van der Waals surface area contributed by atoms with Crippen molar-refractivity contribution in [2.75, 3.05) is 0 Å². The average molecular weight is 156 g/mol. The normalized spacial score (nSPS) is 13.0. The number of rotatable bonds is 2. The summed E-state index contributed by atoms with van der Waals surface area (Å²) in [4.78, 5) is 14.7. The van der Waals surface area contributed by atoms with Crippen LogP contribution in [0.2, 0.25) is 0 Å². The Labute approximate surface area is 63.3 Å². The fraction of sp³-hybridized carbons (Fsp3) is 0.500. The lowest BCUT2D eigenvalue weighted by Gasteiger charge is -1.98. The molecule has 4 heteroatoms. The van der Waals surface area contributed by atoms with Crippen molar-refractivity contribution in [1.29, 1.82) is 0 Å². The molecule has 10 heavy (non-hydrogen) atoms. The van der Waals surface area contributed by atoms with Gasteiger partial charge in [-0.2, -0.15) is 4.37 Å². The zero-order chi connectivity index (χ0) is 7.56. The highest BCUT2D eigenvalue weighted by molar-refractivity contribution is 7.05. The Bertz CT molecular complexity index is 220. The first kappa shape index (κ1) is 7.34. The van der Waals surface area contributed by atoms with E-state index >= 15 is 0 Å². The second-order valence-electron chi connectivity index (χ2n) is 2.11. The highest BCUT2D eigenvalue weighted by Gasteiger charge is 2.12. The van der Waals surface area contributed by atoms with Crippen LogP contribution in [0.15, 0.2) is 6.33 Å². The molecule has 0 saturated carbocycles. The molecule has 0 aliphatic heterocycles. The van der Waals surface area contributed by atoms with E-state index in [9.17, 15) is 4.79 Å². The molecule has 1 aromatic heterocycles. The molecular weight excluding hydrogens is 148 g/mol. The largest absolute Gasteiger partial charge is 0.299 e. The predicted octanol–water partition coefficient (Wildman–Crippen LogP) is 1.23. The van der Waals surface area contributed by atoms with Gasteiger partial charge in [0, 0.05) is 0 Å². The average Bonchev–Trinajstić information content (AvgIpc) is 2.36. The molecule has 0 aliphatic carbocycles. The molecule has 54 valence electrons. The van der Waals surface area contributed by atoms with Crippen molar-refractivity contribution in [2.45, 2.75) is 19.8 Å². The highest BCUT2D eigenvalue weighted by atomic mass is 32.1. The van der Waals surface area contributed by atoms with E-state index in [1.807, 2.05) is 6.92 Å². The molecule has 1 unspecified atom stereocenters. The fourth-order valence-corrected chi connectivity index (χ4v) is 1.17. The molecule has 1 rings (SSSR count). The third-order valence-corrected chi connectivity index (χ3v) is 2.20. The maximum Gasteiger partial charge on any atom is 0.139 e. The molecule has 0 N–H and O–H groups in total. The Hall–Kier alpha value is -0.770. The van der Waals surface area contributed by atoms with Crippen LogP contribution in [0.25, 0.3) is 0 Å². The minimum absolute atomic E-state index is 0.0903. The molecule has 0 bridgehead atoms. The van der Waals surface area contributed by atoms with Crippen molar-refractivity contribution >= 4 is 17.3 Å². The number of aromatic nitrogens is 2. The van der Waals surface area contributed by atoms with Gasteiger partial charge in [-0.1, -0.05) is 0 Å². The van der Waals surface area contributed by atoms with E-state index in [1.165, 1.54) is 17.9 Å². The highest BCUT2D eigenvalue weighted by Crippen LogP contribution is 2.15. The summed E-state index contributed by atoms with van der Waals surface area (Å²) in [6.07, 6.45) is 1.47. The van der Waals surface area contributed by atoms with E-state index < -0.39 is 0 Å². The van der Waals surface area contributed by atoms with Gasteiger partial charge in [0.15, 0.2) is 0 Å². The van der Waals surface area contributed by atoms with E-state index in [1.54, 1.807) is 6.92 Å². The number of carbonyl (C=O) groups is 1. The van der Waals surface area contributed by atoms with Gasteiger partial charge in [0.05, 0.1) is 5.92 Å². The van der Waals surface area contributed by atoms with Gasteiger partial charge < -0.3 is 0 Å². The van der Waals surface area contributed by atoms with Crippen LogP contribution in [0.3, 0.4) is 0 Å². The molecule has 1 heterocycles. The summed E-state index contributed by atoms with van der Waals surface area (Å²) in [5.41, 5.74) is 0. The second-order valence-corrected chi connectivity index (χ2v) is 2.92. The molecule has 0 spiro atoms. The number of hydrogen-bond acceptors (Lipinski definition) is 4. The Morgan fingerprint density at radius 3 is 2.90 bits per heavy atom. The summed E-state index contributed by atoms with van der Waals surface area (Å²) in [7, 11) is 0. The van der Waals surface area contributed by atoms with Crippen LogP contribution >= 0.6 is 11.5 Å². The van der Waals surface area contributed by atoms with Gasteiger partial charge in [-0.25, -0.2) is 4.98 Å². The molecule has 0 aliphatic rings. The summed E-state index contributed by atoms with van der Waals surface area (Å²) < 4.78 is 3.80. The van der Waals surface area contributed by atoms with Crippen molar-refractivity contribution < 1.29 is 4.79 Å². The third-order valence-electron chi connectivity index (χ3n) is 1.36. The number of carbonyl (C=O) groups excluding carboxylic acids is 1. The monoisotopic (exact) mass is 156 g/mol. The zero-order valence-corrected chi connectivity index (χ0v) is 6.68. The van der Waals surface area contributed by atoms with Gasteiger partial charge in [-0.3, -0.25) is 4.79 Å². The molecule has 0 fully saturated rings. The Balaban J connectivity index is 2.77. The van der Waals surface area contributed by atoms with Crippen molar-refractivity contribution in [1.82, 2.24) is 9.36 Å². The summed E-state index contributed by atoms with van der Waals surface area (Å²) in [5.74, 6) is 0.0456. The third kappa shape index (κ3) is 1.39. The fourth-order valence-electron chi connectivity index (χ4n) is 0.546. The molecule has 3 nitrogen and oxygen atoms in total. The first-order chi connectivity index (χ1) is 4.72. The lowest BCUT2D eigenvalue weighted by molar-refractivity contribution is -0.118. The smallest absolute Gasteiger partial charge is 0.139 e. The number of Topliss-reactive ketones (excluding diaryl/α,β-unsaturated/α-hetero) is 1. The number of ketones is 1. The van der Waals surface area contributed by atoms with Crippen LogP contribution < -0.4 is 0 Å². The second kappa shape index (κ2) is 2.88. The molecule has 0 saturated heterocycles. The standard InChI is InChI=1S/C6H8N2OS/c1-4(5(2)9)6-7-3-8-10-6/h3-4H,1-2H3. The van der Waals surface area contributed by atoms with Crippen LogP contribution in [0, 0.1) is 0 Å². The van der Waals surface area contributed by atoms with Crippen LogP contribution in [0.5, 0.6) is 0 Å². The lowest BCUT2D eigenvalue weighted by atomic mass is 10.1. The Kier molecular flexibility index (Phi) is 2.11. The number of hydrogen-bond donors (Lipinski definition) is 0. The van der Waals surface area contributed by atoms with Crippen molar-refractivity contribution in [3.8, 4) is 0 Å². The van der Waals surface area contributed by atoms with Crippen LogP contribution in [-0.4, -0.2) is 15.1 Å². The van der Waals surface area contributed by atoms with E-state index in [0.29, 0.717) is 0 Å². The minimum atomic E-state index is -0.0903. The molecular formula is C6H8N2OS. The maximum absolute atomic E-state index is 10.8. The first-order valence-electron chi connectivity index (χ1n) is 2.99. The predicted molar refractivity (Wildman–Crippen MR) is 39.0 cm³/mol. The molecule has 0 radical (unpaired) electrons. The van der Waals surface area contributed by atoms with Gasteiger partial charge in [-0.05, 0) is 25.4 Å². The van der Waals surface area contributed by atoms with Crippen LogP contribution in [-0.2, 0) is 4.79 Å². The van der Waals surface area contributed by atoms with Crippen molar-refractivity contribution in [3.05, 3.63) is 11.3 Å². The van der Waals surface area contributed by atoms with Gasteiger partial charge in [-0.15, -0.1) is 0 Å². The quantitative estimate of drug-likeness (QED) is 0.646. The minimum Gasteiger partial charge on any atom is -0.299 e.